The second-order valence-electron chi connectivity index (χ2n) is 6.80. The van der Waals surface area contributed by atoms with E-state index >= 15 is 0 Å². The molecule has 4 heteroatoms. The van der Waals surface area contributed by atoms with E-state index in [1.807, 2.05) is 0 Å². The minimum absolute atomic E-state index is 0.0974. The third-order valence-electron chi connectivity index (χ3n) is 3.82. The molecule has 0 aromatic rings. The molecule has 2 atom stereocenters. The second-order valence-corrected chi connectivity index (χ2v) is 6.80. The van der Waals surface area contributed by atoms with Gasteiger partial charge in [0.05, 0.1) is 24.4 Å². The van der Waals surface area contributed by atoms with E-state index in [0.29, 0.717) is 18.6 Å². The van der Waals surface area contributed by atoms with Crippen LogP contribution in [0.1, 0.15) is 47.0 Å². The normalized spacial score (nSPS) is 23.7. The Bertz CT molecular complexity index is 256. The topological polar surface area (TPSA) is 39.7 Å². The number of methoxy groups -OCH3 is 1. The van der Waals surface area contributed by atoms with E-state index in [2.05, 4.69) is 33.0 Å². The van der Waals surface area contributed by atoms with Gasteiger partial charge in [-0.1, -0.05) is 13.8 Å². The Morgan fingerprint density at radius 1 is 1.25 bits per heavy atom. The van der Waals surface area contributed by atoms with Crippen molar-refractivity contribution in [3.8, 4) is 0 Å². The molecule has 0 radical (unpaired) electrons. The van der Waals surface area contributed by atoms with Crippen molar-refractivity contribution in [2.45, 2.75) is 64.8 Å². The van der Waals surface area contributed by atoms with Crippen LogP contribution in [0.15, 0.2) is 0 Å². The highest BCUT2D eigenvalue weighted by molar-refractivity contribution is 4.75. The molecule has 2 unspecified atom stereocenters. The first-order chi connectivity index (χ1) is 9.43. The second kappa shape index (κ2) is 8.98. The van der Waals surface area contributed by atoms with Gasteiger partial charge in [0, 0.05) is 20.3 Å². The molecule has 4 nitrogen and oxygen atoms in total. The van der Waals surface area contributed by atoms with Crippen molar-refractivity contribution in [2.24, 2.45) is 5.92 Å². The predicted octanol–water partition coefficient (Wildman–Crippen LogP) is 2.61. The standard InChI is InChI=1S/C16H33NO3/c1-13(2)10-17-11-14-6-7-15(20-14)12-19-9-8-16(3,4)18-5/h13-15,17H,6-12H2,1-5H3. The molecule has 1 saturated heterocycles. The van der Waals surface area contributed by atoms with Gasteiger partial charge in [0.2, 0.25) is 0 Å². The fourth-order valence-electron chi connectivity index (χ4n) is 2.22. The van der Waals surface area contributed by atoms with Gasteiger partial charge in [-0.25, -0.2) is 0 Å². The lowest BCUT2D eigenvalue weighted by Crippen LogP contribution is -2.30. The van der Waals surface area contributed by atoms with Crippen LogP contribution in [0.5, 0.6) is 0 Å². The van der Waals surface area contributed by atoms with E-state index in [4.69, 9.17) is 14.2 Å². The molecule has 1 heterocycles. The molecular weight excluding hydrogens is 254 g/mol. The predicted molar refractivity (Wildman–Crippen MR) is 82.1 cm³/mol. The number of hydrogen-bond acceptors (Lipinski definition) is 4. The Balaban J connectivity index is 2.04. The molecule has 1 N–H and O–H groups in total. The molecule has 0 aliphatic carbocycles. The Morgan fingerprint density at radius 2 is 1.95 bits per heavy atom. The maximum Gasteiger partial charge on any atom is 0.0813 e. The monoisotopic (exact) mass is 287 g/mol. The lowest BCUT2D eigenvalue weighted by molar-refractivity contribution is -0.0402. The van der Waals surface area contributed by atoms with Crippen LogP contribution in [0.2, 0.25) is 0 Å². The first kappa shape index (κ1) is 17.9. The number of hydrogen-bond donors (Lipinski definition) is 1. The maximum atomic E-state index is 5.98. The summed E-state index contributed by atoms with van der Waals surface area (Å²) in [4.78, 5) is 0. The van der Waals surface area contributed by atoms with Gasteiger partial charge < -0.3 is 19.5 Å². The quantitative estimate of drug-likeness (QED) is 0.627. The lowest BCUT2D eigenvalue weighted by atomic mass is 10.1. The van der Waals surface area contributed by atoms with E-state index < -0.39 is 0 Å². The van der Waals surface area contributed by atoms with Crippen molar-refractivity contribution in [1.29, 1.82) is 0 Å². The molecule has 1 aliphatic rings. The molecule has 1 rings (SSSR count). The largest absolute Gasteiger partial charge is 0.379 e. The molecule has 0 spiro atoms. The van der Waals surface area contributed by atoms with Gasteiger partial charge in [-0.15, -0.1) is 0 Å². The minimum Gasteiger partial charge on any atom is -0.379 e. The average Bonchev–Trinajstić information content (AvgIpc) is 2.82. The van der Waals surface area contributed by atoms with Crippen LogP contribution in [0, 0.1) is 5.92 Å². The molecule has 0 saturated carbocycles. The molecule has 1 aliphatic heterocycles. The SMILES string of the molecule is COC(C)(C)CCOCC1CCC(CNCC(C)C)O1. The fraction of sp³-hybridized carbons (Fsp3) is 1.00. The smallest absolute Gasteiger partial charge is 0.0813 e. The summed E-state index contributed by atoms with van der Waals surface area (Å²) in [6, 6.07) is 0. The summed E-state index contributed by atoms with van der Waals surface area (Å²) in [5.41, 5.74) is -0.0974. The Morgan fingerprint density at radius 3 is 2.60 bits per heavy atom. The van der Waals surface area contributed by atoms with E-state index in [1.54, 1.807) is 7.11 Å². The van der Waals surface area contributed by atoms with E-state index in [-0.39, 0.29) is 11.7 Å². The van der Waals surface area contributed by atoms with Crippen LogP contribution >= 0.6 is 0 Å². The highest BCUT2D eigenvalue weighted by Crippen LogP contribution is 2.20. The fourth-order valence-corrected chi connectivity index (χ4v) is 2.22. The van der Waals surface area contributed by atoms with Crippen LogP contribution < -0.4 is 5.32 Å². The van der Waals surface area contributed by atoms with E-state index in [0.717, 1.165) is 39.0 Å². The third-order valence-corrected chi connectivity index (χ3v) is 3.82. The van der Waals surface area contributed by atoms with Gasteiger partial charge >= 0.3 is 0 Å². The van der Waals surface area contributed by atoms with Crippen molar-refractivity contribution in [2.75, 3.05) is 33.4 Å². The molecule has 120 valence electrons. The average molecular weight is 287 g/mol. The summed E-state index contributed by atoms with van der Waals surface area (Å²) >= 11 is 0. The van der Waals surface area contributed by atoms with Crippen LogP contribution in [-0.2, 0) is 14.2 Å². The van der Waals surface area contributed by atoms with Crippen molar-refractivity contribution >= 4 is 0 Å². The summed E-state index contributed by atoms with van der Waals surface area (Å²) < 4.78 is 17.1. The van der Waals surface area contributed by atoms with Crippen LogP contribution in [0.3, 0.4) is 0 Å². The van der Waals surface area contributed by atoms with Gasteiger partial charge in [-0.2, -0.15) is 0 Å². The Labute approximate surface area is 124 Å². The van der Waals surface area contributed by atoms with E-state index in [9.17, 15) is 0 Å². The van der Waals surface area contributed by atoms with E-state index in [1.165, 1.54) is 0 Å². The molecule has 1 fully saturated rings. The van der Waals surface area contributed by atoms with Gasteiger partial charge in [0.1, 0.15) is 0 Å². The summed E-state index contributed by atoms with van der Waals surface area (Å²) in [5, 5.41) is 3.46. The van der Waals surface area contributed by atoms with Gasteiger partial charge in [-0.05, 0) is 45.6 Å². The maximum absolute atomic E-state index is 5.98. The summed E-state index contributed by atoms with van der Waals surface area (Å²) in [6.45, 7) is 12.1. The number of rotatable bonds is 10. The number of ether oxygens (including phenoxy) is 3. The minimum atomic E-state index is -0.0974. The highest BCUT2D eigenvalue weighted by atomic mass is 16.5. The van der Waals surface area contributed by atoms with Crippen molar-refractivity contribution in [3.63, 3.8) is 0 Å². The molecule has 0 aromatic carbocycles. The lowest BCUT2D eigenvalue weighted by Gasteiger charge is -2.23. The summed E-state index contributed by atoms with van der Waals surface area (Å²) in [5.74, 6) is 0.694. The summed E-state index contributed by atoms with van der Waals surface area (Å²) in [6.07, 6.45) is 3.80. The van der Waals surface area contributed by atoms with Gasteiger partial charge in [0.15, 0.2) is 0 Å². The zero-order valence-electron chi connectivity index (χ0n) is 13.9. The van der Waals surface area contributed by atoms with Crippen molar-refractivity contribution < 1.29 is 14.2 Å². The first-order valence-electron chi connectivity index (χ1n) is 7.92. The third kappa shape index (κ3) is 7.58. The van der Waals surface area contributed by atoms with Crippen molar-refractivity contribution in [1.82, 2.24) is 5.32 Å². The molecule has 0 aromatic heterocycles. The first-order valence-corrected chi connectivity index (χ1v) is 7.92. The molecule has 20 heavy (non-hydrogen) atoms. The molecule has 0 amide bonds. The molecule has 0 bridgehead atoms. The summed E-state index contributed by atoms with van der Waals surface area (Å²) in [7, 11) is 1.74. The van der Waals surface area contributed by atoms with Crippen LogP contribution in [-0.4, -0.2) is 51.2 Å². The van der Waals surface area contributed by atoms with Gasteiger partial charge in [-0.3, -0.25) is 0 Å². The molecular formula is C16H33NO3. The van der Waals surface area contributed by atoms with Gasteiger partial charge in [0.25, 0.3) is 0 Å². The van der Waals surface area contributed by atoms with Crippen LogP contribution in [0.25, 0.3) is 0 Å². The Hall–Kier alpha value is -0.160. The number of nitrogens with one attached hydrogen (secondary N) is 1. The van der Waals surface area contributed by atoms with Crippen LogP contribution in [0.4, 0.5) is 0 Å². The zero-order valence-corrected chi connectivity index (χ0v) is 13.9. The van der Waals surface area contributed by atoms with Crippen molar-refractivity contribution in [3.05, 3.63) is 0 Å². The Kier molecular flexibility index (Phi) is 8.03. The zero-order chi connectivity index (χ0) is 15.0. The highest BCUT2D eigenvalue weighted by Gasteiger charge is 2.25.